The molecule has 0 amide bonds. The van der Waals surface area contributed by atoms with Crippen LogP contribution in [0.25, 0.3) is 22.3 Å². The fourth-order valence-corrected chi connectivity index (χ4v) is 4.35. The van der Waals surface area contributed by atoms with Crippen molar-refractivity contribution in [2.24, 2.45) is 5.41 Å². The highest BCUT2D eigenvalue weighted by Gasteiger charge is 2.25. The Kier molecular flexibility index (Phi) is 8.42. The van der Waals surface area contributed by atoms with Gasteiger partial charge in [0.2, 0.25) is 0 Å². The van der Waals surface area contributed by atoms with E-state index in [1.165, 1.54) is 0 Å². The Hall–Kier alpha value is -3.77. The van der Waals surface area contributed by atoms with Crippen molar-refractivity contribution in [3.05, 3.63) is 83.4 Å². The Morgan fingerprint density at radius 2 is 1.74 bits per heavy atom. The maximum atomic E-state index is 12.3. The molecule has 4 aromatic rings. The number of carbonyl (C=O) groups excluding carboxylic acids is 1. The highest BCUT2D eigenvalue weighted by molar-refractivity contribution is 6.33. The van der Waals surface area contributed by atoms with Crippen LogP contribution in [0.3, 0.4) is 0 Å². The third kappa shape index (κ3) is 6.95. The van der Waals surface area contributed by atoms with Gasteiger partial charge in [-0.15, -0.1) is 0 Å². The number of anilines is 1. The summed E-state index contributed by atoms with van der Waals surface area (Å²) in [5.74, 6) is 0.419. The number of para-hydroxylation sites is 1. The molecule has 198 valence electrons. The molecule has 7 heteroatoms. The SMILES string of the molecule is CC(C)(C)[C@@H](COc1ccc(-c2cc3ccccc3o2)c(Cl)c1)Nc1ccc(C(=O)CCCC(=O)O)cc1. The first kappa shape index (κ1) is 27.3. The number of furan rings is 1. The lowest BCUT2D eigenvalue weighted by Crippen LogP contribution is -2.39. The Morgan fingerprint density at radius 1 is 1.00 bits per heavy atom. The molecule has 3 aromatic carbocycles. The predicted molar refractivity (Wildman–Crippen MR) is 151 cm³/mol. The van der Waals surface area contributed by atoms with Crippen LogP contribution >= 0.6 is 11.6 Å². The normalized spacial score (nSPS) is 12.3. The number of Topliss-reactive ketones (excluding diaryl/α,β-unsaturated/α-hetero) is 1. The number of ketones is 1. The van der Waals surface area contributed by atoms with Crippen molar-refractivity contribution in [2.75, 3.05) is 11.9 Å². The number of benzene rings is 3. The number of hydrogen-bond acceptors (Lipinski definition) is 5. The average Bonchev–Trinajstić information content (AvgIpc) is 3.30. The lowest BCUT2D eigenvalue weighted by Gasteiger charge is -2.32. The maximum absolute atomic E-state index is 12.3. The van der Waals surface area contributed by atoms with E-state index < -0.39 is 5.97 Å². The first-order valence-corrected chi connectivity index (χ1v) is 13.0. The molecule has 0 aliphatic heterocycles. The molecule has 0 radical (unpaired) electrons. The van der Waals surface area contributed by atoms with E-state index >= 15 is 0 Å². The molecule has 4 rings (SSSR count). The quantitative estimate of drug-likeness (QED) is 0.189. The van der Waals surface area contributed by atoms with Crippen molar-refractivity contribution in [3.63, 3.8) is 0 Å². The minimum atomic E-state index is -0.891. The molecule has 1 aromatic heterocycles. The van der Waals surface area contributed by atoms with Crippen molar-refractivity contribution < 1.29 is 23.8 Å². The van der Waals surface area contributed by atoms with Crippen LogP contribution in [0.15, 0.2) is 77.2 Å². The summed E-state index contributed by atoms with van der Waals surface area (Å²) in [4.78, 5) is 23.0. The van der Waals surface area contributed by atoms with Gasteiger partial charge in [0.15, 0.2) is 5.78 Å². The number of nitrogens with one attached hydrogen (secondary N) is 1. The molecule has 0 unspecified atom stereocenters. The van der Waals surface area contributed by atoms with E-state index in [-0.39, 0.29) is 30.1 Å². The summed E-state index contributed by atoms with van der Waals surface area (Å²) in [6.07, 6.45) is 0.544. The maximum Gasteiger partial charge on any atom is 0.303 e. The van der Waals surface area contributed by atoms with E-state index in [1.54, 1.807) is 18.2 Å². The number of carboxylic acids is 1. The largest absolute Gasteiger partial charge is 0.491 e. The monoisotopic (exact) mass is 533 g/mol. The molecular weight excluding hydrogens is 502 g/mol. The topological polar surface area (TPSA) is 88.8 Å². The van der Waals surface area contributed by atoms with Gasteiger partial charge in [-0.3, -0.25) is 9.59 Å². The molecule has 1 atom stereocenters. The second-order valence-corrected chi connectivity index (χ2v) is 10.8. The Labute approximate surface area is 227 Å². The Balaban J connectivity index is 1.39. The zero-order chi connectivity index (χ0) is 27.3. The molecule has 2 N–H and O–H groups in total. The number of carbonyl (C=O) groups is 2. The summed E-state index contributed by atoms with van der Waals surface area (Å²) < 4.78 is 12.1. The zero-order valence-corrected chi connectivity index (χ0v) is 22.5. The fourth-order valence-electron chi connectivity index (χ4n) is 4.09. The molecule has 0 saturated heterocycles. The molecular formula is C31H32ClNO5. The fraction of sp³-hybridized carbons (Fsp3) is 0.290. The molecule has 6 nitrogen and oxygen atoms in total. The summed E-state index contributed by atoms with van der Waals surface area (Å²) in [5, 5.41) is 13.8. The summed E-state index contributed by atoms with van der Waals surface area (Å²) >= 11 is 6.60. The standard InChI is InChI=1S/C31H32ClNO5/c1-31(2,3)29(33-22-13-11-20(12-14-22)26(34)8-6-10-30(35)36)19-37-23-15-16-24(25(32)18-23)28-17-21-7-4-5-9-27(21)38-28/h4-5,7,9,11-18,29,33H,6,8,10,19H2,1-3H3,(H,35,36)/t29-/m1/s1. The van der Waals surface area contributed by atoms with Gasteiger partial charge in [0, 0.05) is 35.0 Å². The highest BCUT2D eigenvalue weighted by atomic mass is 35.5. The van der Waals surface area contributed by atoms with Gasteiger partial charge in [-0.05, 0) is 66.4 Å². The Bertz CT molecular complexity index is 1390. The highest BCUT2D eigenvalue weighted by Crippen LogP contribution is 2.35. The summed E-state index contributed by atoms with van der Waals surface area (Å²) in [6, 6.07) is 22.6. The first-order chi connectivity index (χ1) is 18.1. The van der Waals surface area contributed by atoms with Crippen LogP contribution in [-0.4, -0.2) is 29.5 Å². The second kappa shape index (κ2) is 11.7. The van der Waals surface area contributed by atoms with E-state index in [0.29, 0.717) is 35.1 Å². The number of aliphatic carboxylic acids is 1. The number of carboxylic acid groups (broad SMARTS) is 1. The van der Waals surface area contributed by atoms with Crippen molar-refractivity contribution >= 4 is 40.0 Å². The van der Waals surface area contributed by atoms with Crippen LogP contribution in [0, 0.1) is 5.41 Å². The Morgan fingerprint density at radius 3 is 2.39 bits per heavy atom. The van der Waals surface area contributed by atoms with Crippen molar-refractivity contribution in [3.8, 4) is 17.1 Å². The molecule has 38 heavy (non-hydrogen) atoms. The van der Waals surface area contributed by atoms with Gasteiger partial charge >= 0.3 is 5.97 Å². The van der Waals surface area contributed by atoms with Gasteiger partial charge in [0.25, 0.3) is 0 Å². The van der Waals surface area contributed by atoms with Crippen molar-refractivity contribution in [1.29, 1.82) is 0 Å². The predicted octanol–water partition coefficient (Wildman–Crippen LogP) is 8.10. The molecule has 0 saturated carbocycles. The van der Waals surface area contributed by atoms with Gasteiger partial charge in [-0.2, -0.15) is 0 Å². The molecule has 0 bridgehead atoms. The van der Waals surface area contributed by atoms with Crippen LogP contribution in [-0.2, 0) is 4.79 Å². The molecule has 0 aliphatic carbocycles. The van der Waals surface area contributed by atoms with E-state index in [4.69, 9.17) is 25.9 Å². The number of fused-ring (bicyclic) bond motifs is 1. The minimum Gasteiger partial charge on any atom is -0.491 e. The lowest BCUT2D eigenvalue weighted by atomic mass is 9.87. The lowest BCUT2D eigenvalue weighted by molar-refractivity contribution is -0.137. The van der Waals surface area contributed by atoms with E-state index in [9.17, 15) is 9.59 Å². The van der Waals surface area contributed by atoms with E-state index in [2.05, 4.69) is 26.1 Å². The van der Waals surface area contributed by atoms with E-state index in [1.807, 2.05) is 54.6 Å². The third-order valence-corrected chi connectivity index (χ3v) is 6.75. The van der Waals surface area contributed by atoms with Crippen molar-refractivity contribution in [1.82, 2.24) is 0 Å². The smallest absolute Gasteiger partial charge is 0.303 e. The summed E-state index contributed by atoms with van der Waals surface area (Å²) in [5.41, 5.74) is 2.94. The number of halogens is 1. The summed E-state index contributed by atoms with van der Waals surface area (Å²) in [6.45, 7) is 6.80. The number of hydrogen-bond donors (Lipinski definition) is 2. The number of rotatable bonds is 11. The second-order valence-electron chi connectivity index (χ2n) is 10.4. The average molecular weight is 534 g/mol. The van der Waals surface area contributed by atoms with Crippen molar-refractivity contribution in [2.45, 2.75) is 46.1 Å². The van der Waals surface area contributed by atoms with Crippen LogP contribution in [0.5, 0.6) is 5.75 Å². The summed E-state index contributed by atoms with van der Waals surface area (Å²) in [7, 11) is 0. The molecule has 0 aliphatic rings. The van der Waals surface area contributed by atoms with Gasteiger partial charge in [0.1, 0.15) is 23.7 Å². The molecule has 0 fully saturated rings. The van der Waals surface area contributed by atoms with Crippen LogP contribution in [0.4, 0.5) is 5.69 Å². The number of ether oxygens (including phenoxy) is 1. The third-order valence-electron chi connectivity index (χ3n) is 6.44. The minimum absolute atomic E-state index is 0.00746. The molecule has 1 heterocycles. The van der Waals surface area contributed by atoms with Gasteiger partial charge in [-0.25, -0.2) is 0 Å². The van der Waals surface area contributed by atoms with Gasteiger partial charge in [0.05, 0.1) is 11.1 Å². The first-order valence-electron chi connectivity index (χ1n) is 12.6. The zero-order valence-electron chi connectivity index (χ0n) is 21.8. The van der Waals surface area contributed by atoms with Gasteiger partial charge in [-0.1, -0.05) is 50.6 Å². The van der Waals surface area contributed by atoms with Crippen LogP contribution in [0.1, 0.15) is 50.4 Å². The van der Waals surface area contributed by atoms with Crippen LogP contribution < -0.4 is 10.1 Å². The van der Waals surface area contributed by atoms with E-state index in [0.717, 1.165) is 22.2 Å². The molecule has 0 spiro atoms. The van der Waals surface area contributed by atoms with Gasteiger partial charge < -0.3 is 19.6 Å². The van der Waals surface area contributed by atoms with Crippen LogP contribution in [0.2, 0.25) is 5.02 Å².